The van der Waals surface area contributed by atoms with Gasteiger partial charge in [0.2, 0.25) is 0 Å². The van der Waals surface area contributed by atoms with E-state index in [9.17, 15) is 0 Å². The van der Waals surface area contributed by atoms with Gasteiger partial charge in [-0.3, -0.25) is 0 Å². The van der Waals surface area contributed by atoms with Crippen molar-refractivity contribution in [1.29, 1.82) is 0 Å². The maximum Gasteiger partial charge on any atom is 0.157 e. The van der Waals surface area contributed by atoms with Gasteiger partial charge in [0.25, 0.3) is 0 Å². The van der Waals surface area contributed by atoms with Crippen molar-refractivity contribution in [2.75, 3.05) is 13.2 Å². The molecular formula is C20H36O2. The summed E-state index contributed by atoms with van der Waals surface area (Å²) in [5.41, 5.74) is 3.60. The van der Waals surface area contributed by atoms with Crippen LogP contribution in [0.15, 0.2) is 11.1 Å². The van der Waals surface area contributed by atoms with Crippen molar-refractivity contribution in [1.82, 2.24) is 0 Å². The molecule has 1 aliphatic heterocycles. The van der Waals surface area contributed by atoms with Crippen LogP contribution in [0.5, 0.6) is 0 Å². The third-order valence-corrected chi connectivity index (χ3v) is 4.95. The minimum atomic E-state index is 0.0995. The van der Waals surface area contributed by atoms with Crippen molar-refractivity contribution in [3.63, 3.8) is 0 Å². The van der Waals surface area contributed by atoms with Crippen molar-refractivity contribution >= 4 is 0 Å². The lowest BCUT2D eigenvalue weighted by atomic mass is 10.1. The van der Waals surface area contributed by atoms with E-state index >= 15 is 0 Å². The van der Waals surface area contributed by atoms with Gasteiger partial charge in [0.1, 0.15) is 0 Å². The van der Waals surface area contributed by atoms with Crippen LogP contribution in [0.3, 0.4) is 0 Å². The van der Waals surface area contributed by atoms with E-state index in [1.165, 1.54) is 83.5 Å². The Bertz CT molecular complexity index is 316. The van der Waals surface area contributed by atoms with Gasteiger partial charge in [-0.2, -0.15) is 0 Å². The topological polar surface area (TPSA) is 18.5 Å². The lowest BCUT2D eigenvalue weighted by molar-refractivity contribution is -0.162. The first kappa shape index (κ1) is 18.0. The quantitative estimate of drug-likeness (QED) is 0.300. The van der Waals surface area contributed by atoms with Crippen molar-refractivity contribution in [2.45, 2.75) is 103 Å². The van der Waals surface area contributed by atoms with E-state index in [-0.39, 0.29) is 6.29 Å². The minimum Gasteiger partial charge on any atom is -0.353 e. The summed E-state index contributed by atoms with van der Waals surface area (Å²) in [6.07, 6.45) is 18.7. The molecule has 128 valence electrons. The first-order chi connectivity index (χ1) is 10.9. The van der Waals surface area contributed by atoms with Crippen LogP contribution < -0.4 is 0 Å². The number of ether oxygens (including phenoxy) is 2. The largest absolute Gasteiger partial charge is 0.353 e. The highest BCUT2D eigenvalue weighted by molar-refractivity contribution is 5.34. The summed E-state index contributed by atoms with van der Waals surface area (Å²) in [4.78, 5) is 0. The molecule has 1 aliphatic carbocycles. The van der Waals surface area contributed by atoms with Gasteiger partial charge in [0.15, 0.2) is 6.29 Å². The second kappa shape index (κ2) is 11.2. The van der Waals surface area contributed by atoms with Crippen LogP contribution >= 0.6 is 0 Å². The van der Waals surface area contributed by atoms with Crippen LogP contribution in [-0.4, -0.2) is 19.5 Å². The zero-order valence-corrected chi connectivity index (χ0v) is 14.7. The van der Waals surface area contributed by atoms with E-state index in [4.69, 9.17) is 9.47 Å². The molecule has 0 aromatic rings. The molecule has 0 bridgehead atoms. The maximum atomic E-state index is 5.77. The molecule has 2 rings (SSSR count). The highest BCUT2D eigenvalue weighted by atomic mass is 16.7. The Morgan fingerprint density at radius 3 is 2.36 bits per heavy atom. The number of hydrogen-bond acceptors (Lipinski definition) is 2. The predicted octanol–water partition coefficient (Wildman–Crippen LogP) is 6.15. The van der Waals surface area contributed by atoms with Crippen molar-refractivity contribution in [3.05, 3.63) is 11.1 Å². The number of allylic oxidation sites excluding steroid dienone is 2. The van der Waals surface area contributed by atoms with Gasteiger partial charge in [0, 0.05) is 13.2 Å². The highest BCUT2D eigenvalue weighted by Gasteiger charge is 2.19. The van der Waals surface area contributed by atoms with Crippen LogP contribution in [0.25, 0.3) is 0 Å². The molecule has 0 amide bonds. The normalized spacial score (nSPS) is 21.4. The fourth-order valence-electron chi connectivity index (χ4n) is 3.34. The minimum absolute atomic E-state index is 0.0995. The molecule has 1 atom stereocenters. The fourth-order valence-corrected chi connectivity index (χ4v) is 3.34. The Balaban J connectivity index is 1.31. The molecule has 2 aliphatic rings. The predicted molar refractivity (Wildman–Crippen MR) is 93.0 cm³/mol. The molecule has 0 N–H and O–H groups in total. The molecule has 2 nitrogen and oxygen atoms in total. The summed E-state index contributed by atoms with van der Waals surface area (Å²) < 4.78 is 11.3. The zero-order valence-electron chi connectivity index (χ0n) is 14.7. The summed E-state index contributed by atoms with van der Waals surface area (Å²) in [7, 11) is 0. The summed E-state index contributed by atoms with van der Waals surface area (Å²) in [5.74, 6) is 0. The lowest BCUT2D eigenvalue weighted by Gasteiger charge is -2.22. The Kier molecular flexibility index (Phi) is 9.20. The summed E-state index contributed by atoms with van der Waals surface area (Å²) in [6.45, 7) is 4.06. The van der Waals surface area contributed by atoms with E-state index in [0.29, 0.717) is 0 Å². The first-order valence-electron chi connectivity index (χ1n) is 9.83. The van der Waals surface area contributed by atoms with Crippen LogP contribution in [0.1, 0.15) is 96.8 Å². The Morgan fingerprint density at radius 2 is 1.64 bits per heavy atom. The molecule has 2 heteroatoms. The summed E-state index contributed by atoms with van der Waals surface area (Å²) in [5, 5.41) is 0. The number of hydrogen-bond donors (Lipinski definition) is 0. The average molecular weight is 309 g/mol. The first-order valence-corrected chi connectivity index (χ1v) is 9.83. The molecule has 0 radical (unpaired) electrons. The van der Waals surface area contributed by atoms with Crippen molar-refractivity contribution in [2.24, 2.45) is 0 Å². The van der Waals surface area contributed by atoms with Gasteiger partial charge >= 0.3 is 0 Å². The van der Waals surface area contributed by atoms with Gasteiger partial charge < -0.3 is 9.47 Å². The van der Waals surface area contributed by atoms with Gasteiger partial charge in [-0.05, 0) is 57.8 Å². The monoisotopic (exact) mass is 308 g/mol. The van der Waals surface area contributed by atoms with Gasteiger partial charge in [-0.15, -0.1) is 0 Å². The number of unbranched alkanes of at least 4 members (excludes halogenated alkanes) is 6. The molecule has 22 heavy (non-hydrogen) atoms. The fraction of sp³-hybridized carbons (Fsp3) is 0.900. The van der Waals surface area contributed by atoms with E-state index in [0.717, 1.165) is 19.6 Å². The molecular weight excluding hydrogens is 272 g/mol. The third kappa shape index (κ3) is 7.78. The third-order valence-electron chi connectivity index (χ3n) is 4.95. The smallest absolute Gasteiger partial charge is 0.157 e. The molecule has 0 aromatic carbocycles. The lowest BCUT2D eigenvalue weighted by Crippen LogP contribution is -2.22. The Morgan fingerprint density at radius 1 is 0.909 bits per heavy atom. The molecule has 1 unspecified atom stereocenters. The van der Waals surface area contributed by atoms with E-state index in [2.05, 4.69) is 6.92 Å². The van der Waals surface area contributed by atoms with Crippen molar-refractivity contribution < 1.29 is 9.47 Å². The maximum absolute atomic E-state index is 5.77. The van der Waals surface area contributed by atoms with Gasteiger partial charge in [-0.25, -0.2) is 0 Å². The Labute approximate surface area is 137 Å². The number of rotatable bonds is 13. The average Bonchev–Trinajstić information content (AvgIpc) is 3.30. The van der Waals surface area contributed by atoms with Crippen LogP contribution in [0, 0.1) is 0 Å². The van der Waals surface area contributed by atoms with Gasteiger partial charge in [0.05, 0.1) is 0 Å². The van der Waals surface area contributed by atoms with Gasteiger partial charge in [-0.1, -0.05) is 50.2 Å². The molecule has 1 heterocycles. The van der Waals surface area contributed by atoms with E-state index in [1.54, 1.807) is 11.1 Å². The molecule has 0 spiro atoms. The van der Waals surface area contributed by atoms with Crippen LogP contribution in [0.2, 0.25) is 0 Å². The summed E-state index contributed by atoms with van der Waals surface area (Å²) in [6, 6.07) is 0. The van der Waals surface area contributed by atoms with Crippen LogP contribution in [-0.2, 0) is 9.47 Å². The highest BCUT2D eigenvalue weighted by Crippen LogP contribution is 2.38. The summed E-state index contributed by atoms with van der Waals surface area (Å²) >= 11 is 0. The van der Waals surface area contributed by atoms with Crippen LogP contribution in [0.4, 0.5) is 0 Å². The standard InChI is InChI=1S/C20H36O2/c1-2-3-12-18-17-19(18)13-8-6-4-5-7-10-15-21-20-14-9-11-16-22-20/h20H,2-17H2,1H3. The molecule has 0 aromatic heterocycles. The molecule has 0 saturated carbocycles. The second-order valence-corrected chi connectivity index (χ2v) is 7.03. The molecule has 1 saturated heterocycles. The Hall–Kier alpha value is -0.340. The second-order valence-electron chi connectivity index (χ2n) is 7.03. The van der Waals surface area contributed by atoms with E-state index in [1.807, 2.05) is 0 Å². The SMILES string of the molecule is CCCCC1=C(CCCCCCCCOC2CCCCO2)C1. The zero-order chi connectivity index (χ0) is 15.5. The molecule has 1 fully saturated rings. The van der Waals surface area contributed by atoms with E-state index < -0.39 is 0 Å². The van der Waals surface area contributed by atoms with Crippen molar-refractivity contribution in [3.8, 4) is 0 Å².